The van der Waals surface area contributed by atoms with Crippen molar-refractivity contribution in [1.82, 2.24) is 4.31 Å². The van der Waals surface area contributed by atoms with Gasteiger partial charge in [-0.2, -0.15) is 4.31 Å². The van der Waals surface area contributed by atoms with Crippen molar-refractivity contribution >= 4 is 21.6 Å². The van der Waals surface area contributed by atoms with Crippen LogP contribution in [0.25, 0.3) is 0 Å². The Morgan fingerprint density at radius 2 is 1.73 bits per heavy atom. The van der Waals surface area contributed by atoms with Crippen LogP contribution in [0, 0.1) is 0 Å². The van der Waals surface area contributed by atoms with Crippen molar-refractivity contribution in [2.75, 3.05) is 32.8 Å². The number of carbonyl (C=O) groups is 1. The van der Waals surface area contributed by atoms with Gasteiger partial charge in [0.2, 0.25) is 15.9 Å². The molecular formula is C18H22N2O5S. The average molecular weight is 378 g/mol. The van der Waals surface area contributed by atoms with Crippen LogP contribution in [0.15, 0.2) is 48.5 Å². The molecule has 0 aromatic heterocycles. The monoisotopic (exact) mass is 378 g/mol. The van der Waals surface area contributed by atoms with Crippen molar-refractivity contribution in [2.45, 2.75) is 6.04 Å². The quantitative estimate of drug-likeness (QED) is 0.799. The Labute approximate surface area is 153 Å². The molecule has 2 aromatic rings. The van der Waals surface area contributed by atoms with Gasteiger partial charge in [0.15, 0.2) is 0 Å². The van der Waals surface area contributed by atoms with E-state index in [2.05, 4.69) is 5.32 Å². The number of nitrogens with zero attached hydrogens (tertiary/aromatic N) is 1. The first-order valence-corrected chi connectivity index (χ1v) is 9.63. The minimum atomic E-state index is -3.60. The highest BCUT2D eigenvalue weighted by Gasteiger charge is 2.31. The second kappa shape index (κ2) is 8.20. The van der Waals surface area contributed by atoms with Crippen LogP contribution in [-0.2, 0) is 14.8 Å². The predicted octanol–water partition coefficient (Wildman–Crippen LogP) is 2.28. The summed E-state index contributed by atoms with van der Waals surface area (Å²) in [5.41, 5.74) is 0.944. The number of ether oxygens (including phenoxy) is 2. The van der Waals surface area contributed by atoms with Crippen LogP contribution in [0.2, 0.25) is 0 Å². The summed E-state index contributed by atoms with van der Waals surface area (Å²) in [6.07, 6.45) is 1.06. The Bertz CT molecular complexity index is 868. The number of methoxy groups -OCH3 is 2. The smallest absolute Gasteiger partial charge is 0.247 e. The minimum Gasteiger partial charge on any atom is -0.497 e. The standard InChI is InChI=1S/C18H22N2O5S/c1-20(26(4,22)23)17(13-8-6-5-7-9-13)18(21)19-15-12-14(24-2)10-11-16(15)25-3/h5-12,17H,1-4H3,(H,19,21). The number of amides is 1. The Kier molecular flexibility index (Phi) is 6.23. The van der Waals surface area contributed by atoms with E-state index >= 15 is 0 Å². The van der Waals surface area contributed by atoms with Gasteiger partial charge in [-0.3, -0.25) is 4.79 Å². The molecule has 1 unspecified atom stereocenters. The number of carbonyl (C=O) groups excluding carboxylic acids is 1. The van der Waals surface area contributed by atoms with Crippen molar-refractivity contribution in [3.63, 3.8) is 0 Å². The van der Waals surface area contributed by atoms with E-state index in [9.17, 15) is 13.2 Å². The number of sulfonamides is 1. The number of nitrogens with one attached hydrogen (secondary N) is 1. The Hall–Kier alpha value is -2.58. The number of benzene rings is 2. The molecule has 0 heterocycles. The van der Waals surface area contributed by atoms with E-state index < -0.39 is 22.0 Å². The SMILES string of the molecule is COc1ccc(OC)c(NC(=O)C(c2ccccc2)N(C)S(C)(=O)=O)c1. The largest absolute Gasteiger partial charge is 0.497 e. The maximum Gasteiger partial charge on any atom is 0.247 e. The third kappa shape index (κ3) is 4.53. The molecule has 0 saturated heterocycles. The molecule has 26 heavy (non-hydrogen) atoms. The summed E-state index contributed by atoms with van der Waals surface area (Å²) in [5, 5.41) is 2.74. The molecule has 0 bridgehead atoms. The van der Waals surface area contributed by atoms with Gasteiger partial charge in [-0.15, -0.1) is 0 Å². The fraction of sp³-hybridized carbons (Fsp3) is 0.278. The van der Waals surface area contributed by atoms with Crippen molar-refractivity contribution in [2.24, 2.45) is 0 Å². The van der Waals surface area contributed by atoms with Crippen molar-refractivity contribution in [1.29, 1.82) is 0 Å². The van der Waals surface area contributed by atoms with Gasteiger partial charge in [0, 0.05) is 13.1 Å². The first-order valence-electron chi connectivity index (χ1n) is 7.78. The summed E-state index contributed by atoms with van der Waals surface area (Å²) < 4.78 is 35.5. The lowest BCUT2D eigenvalue weighted by Gasteiger charge is -2.26. The van der Waals surface area contributed by atoms with E-state index in [1.807, 2.05) is 0 Å². The highest BCUT2D eigenvalue weighted by molar-refractivity contribution is 7.88. The maximum absolute atomic E-state index is 13.0. The van der Waals surface area contributed by atoms with E-state index in [1.54, 1.807) is 48.5 Å². The van der Waals surface area contributed by atoms with Gasteiger partial charge in [-0.05, 0) is 17.7 Å². The number of hydrogen-bond acceptors (Lipinski definition) is 5. The van der Waals surface area contributed by atoms with Crippen LogP contribution in [0.3, 0.4) is 0 Å². The van der Waals surface area contributed by atoms with Gasteiger partial charge in [0.1, 0.15) is 17.5 Å². The molecule has 0 aliphatic rings. The van der Waals surface area contributed by atoms with E-state index in [1.165, 1.54) is 21.3 Å². The third-order valence-corrected chi connectivity index (χ3v) is 5.17. The van der Waals surface area contributed by atoms with Crippen molar-refractivity contribution in [3.05, 3.63) is 54.1 Å². The van der Waals surface area contributed by atoms with Gasteiger partial charge in [-0.1, -0.05) is 30.3 Å². The molecule has 0 aliphatic heterocycles. The fourth-order valence-electron chi connectivity index (χ4n) is 2.47. The zero-order chi connectivity index (χ0) is 19.3. The zero-order valence-corrected chi connectivity index (χ0v) is 15.9. The molecule has 8 heteroatoms. The van der Waals surface area contributed by atoms with Crippen LogP contribution in [-0.4, -0.2) is 46.2 Å². The highest BCUT2D eigenvalue weighted by atomic mass is 32.2. The molecule has 140 valence electrons. The molecule has 0 radical (unpaired) electrons. The molecule has 0 fully saturated rings. The average Bonchev–Trinajstić information content (AvgIpc) is 2.61. The summed E-state index contributed by atoms with van der Waals surface area (Å²) in [7, 11) is 0.763. The third-order valence-electron chi connectivity index (χ3n) is 3.91. The number of likely N-dealkylation sites (N-methyl/N-ethyl adjacent to an activating group) is 1. The van der Waals surface area contributed by atoms with Crippen LogP contribution in [0.4, 0.5) is 5.69 Å². The lowest BCUT2D eigenvalue weighted by Crippen LogP contribution is -2.38. The minimum absolute atomic E-state index is 0.389. The van der Waals surface area contributed by atoms with Gasteiger partial charge in [0.05, 0.1) is 26.2 Å². The number of anilines is 1. The molecule has 1 atom stereocenters. The van der Waals surface area contributed by atoms with Crippen molar-refractivity contribution in [3.8, 4) is 11.5 Å². The molecule has 2 rings (SSSR count). The first kappa shape index (κ1) is 19.7. The molecule has 2 aromatic carbocycles. The van der Waals surface area contributed by atoms with Gasteiger partial charge < -0.3 is 14.8 Å². The van der Waals surface area contributed by atoms with Crippen LogP contribution in [0.5, 0.6) is 11.5 Å². The summed E-state index contributed by atoms with van der Waals surface area (Å²) in [6, 6.07) is 12.6. The van der Waals surface area contributed by atoms with Crippen LogP contribution in [0.1, 0.15) is 11.6 Å². The summed E-state index contributed by atoms with van der Waals surface area (Å²) >= 11 is 0. The first-order chi connectivity index (χ1) is 12.3. The van der Waals surface area contributed by atoms with Gasteiger partial charge in [0.25, 0.3) is 0 Å². The zero-order valence-electron chi connectivity index (χ0n) is 15.1. The highest BCUT2D eigenvalue weighted by Crippen LogP contribution is 2.31. The fourth-order valence-corrected chi connectivity index (χ4v) is 3.07. The Morgan fingerprint density at radius 1 is 1.08 bits per heavy atom. The number of rotatable bonds is 7. The second-order valence-corrected chi connectivity index (χ2v) is 7.69. The predicted molar refractivity (Wildman–Crippen MR) is 100.0 cm³/mol. The normalized spacial score (nSPS) is 12.5. The summed E-state index contributed by atoms with van der Waals surface area (Å²) in [6.45, 7) is 0. The molecule has 0 aliphatic carbocycles. The lowest BCUT2D eigenvalue weighted by atomic mass is 10.1. The van der Waals surface area contributed by atoms with E-state index in [4.69, 9.17) is 9.47 Å². The van der Waals surface area contributed by atoms with Gasteiger partial charge >= 0.3 is 0 Å². The number of hydrogen-bond donors (Lipinski definition) is 1. The van der Waals surface area contributed by atoms with Gasteiger partial charge in [-0.25, -0.2) is 8.42 Å². The van der Waals surface area contributed by atoms with Crippen LogP contribution < -0.4 is 14.8 Å². The lowest BCUT2D eigenvalue weighted by molar-refractivity contribution is -0.119. The second-order valence-electron chi connectivity index (χ2n) is 5.65. The van der Waals surface area contributed by atoms with E-state index in [0.29, 0.717) is 22.7 Å². The molecule has 1 amide bonds. The molecule has 7 nitrogen and oxygen atoms in total. The van der Waals surface area contributed by atoms with Crippen molar-refractivity contribution < 1.29 is 22.7 Å². The molecule has 0 saturated carbocycles. The molecular weight excluding hydrogens is 356 g/mol. The summed E-state index contributed by atoms with van der Waals surface area (Å²) in [5.74, 6) is 0.470. The van der Waals surface area contributed by atoms with Crippen LogP contribution >= 0.6 is 0 Å². The van der Waals surface area contributed by atoms with E-state index in [-0.39, 0.29) is 0 Å². The molecule has 1 N–H and O–H groups in total. The summed E-state index contributed by atoms with van der Waals surface area (Å²) in [4.78, 5) is 13.0. The Morgan fingerprint density at radius 3 is 2.27 bits per heavy atom. The van der Waals surface area contributed by atoms with E-state index in [0.717, 1.165) is 10.6 Å². The maximum atomic E-state index is 13.0. The Balaban J connectivity index is 2.42. The topological polar surface area (TPSA) is 84.9 Å². The molecule has 0 spiro atoms.